The molecule has 2 N–H and O–H groups in total. The topological polar surface area (TPSA) is 122 Å². The first-order chi connectivity index (χ1) is 18.6. The largest absolute Gasteiger partial charge is 0.480 e. The fourth-order valence-electron chi connectivity index (χ4n) is 4.50. The molecule has 39 heavy (non-hydrogen) atoms. The smallest absolute Gasteiger partial charge is 0.351 e. The number of carboxylic acids is 1. The summed E-state index contributed by atoms with van der Waals surface area (Å²) in [5.41, 5.74) is 3.00. The van der Waals surface area contributed by atoms with Gasteiger partial charge >= 0.3 is 11.9 Å². The predicted octanol–water partition coefficient (Wildman–Crippen LogP) is 5.03. The second-order valence-electron chi connectivity index (χ2n) is 9.17. The van der Waals surface area contributed by atoms with Crippen LogP contribution in [-0.4, -0.2) is 62.6 Å². The molecular formula is C27H29ClN2O7S2. The van der Waals surface area contributed by atoms with Crippen LogP contribution in [0.1, 0.15) is 33.6 Å². The molecule has 208 valence electrons. The molecule has 1 saturated heterocycles. The van der Waals surface area contributed by atoms with E-state index in [9.17, 15) is 18.0 Å². The third-order valence-corrected chi connectivity index (χ3v) is 9.77. The standard InChI is InChI=1S/C27H29ClN2O7S2/c1-17-24(37-15-23(31)32)26(27(33)36-2)38-25(17)19-6-4-8-22(14-19)29-21-9-11-30(12-10-21)39(34,35)16-18-5-3-7-20(28)13-18/h3-8,13-14,21,29H,9-12,15-16H2,1-2H3,(H,31,32). The van der Waals surface area contributed by atoms with Gasteiger partial charge < -0.3 is 19.9 Å². The van der Waals surface area contributed by atoms with Gasteiger partial charge in [-0.3, -0.25) is 0 Å². The molecule has 0 atom stereocenters. The van der Waals surface area contributed by atoms with Crippen LogP contribution in [0.4, 0.5) is 5.69 Å². The summed E-state index contributed by atoms with van der Waals surface area (Å²) in [6.45, 7) is 2.03. The van der Waals surface area contributed by atoms with Crippen LogP contribution in [0.25, 0.3) is 10.4 Å². The van der Waals surface area contributed by atoms with Gasteiger partial charge in [-0.05, 0) is 55.2 Å². The van der Waals surface area contributed by atoms with Crippen LogP contribution < -0.4 is 10.1 Å². The molecule has 3 aromatic rings. The second kappa shape index (κ2) is 12.4. The molecule has 2 heterocycles. The highest BCUT2D eigenvalue weighted by Crippen LogP contribution is 2.42. The molecule has 2 aromatic carbocycles. The quantitative estimate of drug-likeness (QED) is 0.314. The molecule has 0 amide bonds. The van der Waals surface area contributed by atoms with E-state index in [4.69, 9.17) is 26.2 Å². The Balaban J connectivity index is 1.44. The first-order valence-corrected chi connectivity index (χ1v) is 15.0. The molecule has 1 aromatic heterocycles. The van der Waals surface area contributed by atoms with Crippen LogP contribution in [0.2, 0.25) is 5.02 Å². The van der Waals surface area contributed by atoms with E-state index < -0.39 is 28.6 Å². The number of hydrogen-bond donors (Lipinski definition) is 2. The number of hydrogen-bond acceptors (Lipinski definition) is 8. The van der Waals surface area contributed by atoms with Crippen molar-refractivity contribution >= 4 is 50.6 Å². The molecular weight excluding hydrogens is 564 g/mol. The number of anilines is 1. The second-order valence-corrected chi connectivity index (χ2v) is 12.6. The normalized spacial score (nSPS) is 14.6. The fraction of sp³-hybridized carbons (Fsp3) is 0.333. The number of esters is 1. The van der Waals surface area contributed by atoms with E-state index in [0.717, 1.165) is 16.1 Å². The molecule has 12 heteroatoms. The first-order valence-electron chi connectivity index (χ1n) is 12.2. The van der Waals surface area contributed by atoms with Crippen molar-refractivity contribution in [2.75, 3.05) is 32.1 Å². The van der Waals surface area contributed by atoms with E-state index in [-0.39, 0.29) is 22.4 Å². The Morgan fingerprint density at radius 3 is 2.54 bits per heavy atom. The van der Waals surface area contributed by atoms with E-state index in [0.29, 0.717) is 42.1 Å². The summed E-state index contributed by atoms with van der Waals surface area (Å²) in [7, 11) is -2.20. The maximum atomic E-state index is 12.9. The Bertz CT molecular complexity index is 1460. The van der Waals surface area contributed by atoms with Crippen LogP contribution >= 0.6 is 22.9 Å². The first kappa shape index (κ1) is 28.9. The van der Waals surface area contributed by atoms with Gasteiger partial charge in [-0.2, -0.15) is 0 Å². The molecule has 0 spiro atoms. The summed E-state index contributed by atoms with van der Waals surface area (Å²) in [6, 6.07) is 14.6. The Morgan fingerprint density at radius 1 is 1.15 bits per heavy atom. The molecule has 9 nitrogen and oxygen atoms in total. The number of nitrogens with zero attached hydrogens (tertiary/aromatic N) is 1. The van der Waals surface area contributed by atoms with Gasteiger partial charge in [-0.15, -0.1) is 11.3 Å². The summed E-state index contributed by atoms with van der Waals surface area (Å²) >= 11 is 7.19. The Morgan fingerprint density at radius 2 is 1.87 bits per heavy atom. The van der Waals surface area contributed by atoms with Crippen LogP contribution in [0.5, 0.6) is 5.75 Å². The molecule has 4 rings (SSSR count). The van der Waals surface area contributed by atoms with Crippen molar-refractivity contribution < 1.29 is 32.6 Å². The molecule has 0 saturated carbocycles. The molecule has 1 aliphatic heterocycles. The zero-order chi connectivity index (χ0) is 28.2. The van der Waals surface area contributed by atoms with Gasteiger partial charge in [0.05, 0.1) is 12.9 Å². The Labute approximate surface area is 236 Å². The van der Waals surface area contributed by atoms with Crippen molar-refractivity contribution in [3.05, 3.63) is 69.6 Å². The minimum absolute atomic E-state index is 0.0837. The zero-order valence-electron chi connectivity index (χ0n) is 21.5. The number of benzene rings is 2. The van der Waals surface area contributed by atoms with Crippen molar-refractivity contribution in [3.8, 4) is 16.2 Å². The van der Waals surface area contributed by atoms with Crippen LogP contribution in [-0.2, 0) is 25.3 Å². The Hall–Kier alpha value is -3.12. The van der Waals surface area contributed by atoms with E-state index >= 15 is 0 Å². The van der Waals surface area contributed by atoms with E-state index in [1.54, 1.807) is 31.2 Å². The summed E-state index contributed by atoms with van der Waals surface area (Å²) in [5, 5.41) is 13.0. The predicted molar refractivity (Wildman–Crippen MR) is 151 cm³/mol. The number of piperidine rings is 1. The van der Waals surface area contributed by atoms with Gasteiger partial charge in [-0.1, -0.05) is 35.9 Å². The average Bonchev–Trinajstić information content (AvgIpc) is 3.23. The highest BCUT2D eigenvalue weighted by Gasteiger charge is 2.29. The number of ether oxygens (including phenoxy) is 2. The number of rotatable bonds is 10. The highest BCUT2D eigenvalue weighted by molar-refractivity contribution is 7.88. The third-order valence-electron chi connectivity index (χ3n) is 6.38. The van der Waals surface area contributed by atoms with Crippen molar-refractivity contribution in [1.29, 1.82) is 0 Å². The van der Waals surface area contributed by atoms with Crippen LogP contribution in [0.3, 0.4) is 0 Å². The number of methoxy groups -OCH3 is 1. The van der Waals surface area contributed by atoms with E-state index in [2.05, 4.69) is 5.32 Å². The third kappa shape index (κ3) is 7.10. The summed E-state index contributed by atoms with van der Waals surface area (Å²) in [4.78, 5) is 24.3. The molecule has 1 aliphatic rings. The highest BCUT2D eigenvalue weighted by atomic mass is 35.5. The minimum Gasteiger partial charge on any atom is -0.480 e. The lowest BCUT2D eigenvalue weighted by Gasteiger charge is -2.32. The summed E-state index contributed by atoms with van der Waals surface area (Å²) in [6.07, 6.45) is 1.30. The average molecular weight is 593 g/mol. The SMILES string of the molecule is COC(=O)c1sc(-c2cccc(NC3CCN(S(=O)(=O)Cc4cccc(Cl)c4)CC3)c2)c(C)c1OCC(=O)O. The summed E-state index contributed by atoms with van der Waals surface area (Å²) < 4.78 is 37.7. The number of nitrogens with one attached hydrogen (secondary N) is 1. The van der Waals surface area contributed by atoms with Gasteiger partial charge in [0.25, 0.3) is 0 Å². The van der Waals surface area contributed by atoms with Crippen molar-refractivity contribution in [1.82, 2.24) is 4.31 Å². The van der Waals surface area contributed by atoms with Gasteiger partial charge in [0.2, 0.25) is 10.0 Å². The molecule has 0 unspecified atom stereocenters. The number of sulfonamides is 1. The monoisotopic (exact) mass is 592 g/mol. The van der Waals surface area contributed by atoms with Gasteiger partial charge in [0.1, 0.15) is 5.75 Å². The number of aliphatic carboxylic acids is 1. The molecule has 1 fully saturated rings. The lowest BCUT2D eigenvalue weighted by molar-refractivity contribution is -0.139. The Kier molecular flexibility index (Phi) is 9.16. The maximum absolute atomic E-state index is 12.9. The number of thiophene rings is 1. The lowest BCUT2D eigenvalue weighted by atomic mass is 10.0. The van der Waals surface area contributed by atoms with E-state index in [1.165, 1.54) is 22.8 Å². The fourth-order valence-corrected chi connectivity index (χ4v) is 7.43. The molecule has 0 bridgehead atoms. The van der Waals surface area contributed by atoms with Crippen LogP contribution in [0, 0.1) is 6.92 Å². The number of carbonyl (C=O) groups is 2. The lowest BCUT2D eigenvalue weighted by Crippen LogP contribution is -2.42. The van der Waals surface area contributed by atoms with Crippen molar-refractivity contribution in [2.45, 2.75) is 31.6 Å². The van der Waals surface area contributed by atoms with Gasteiger partial charge in [0.15, 0.2) is 11.5 Å². The molecule has 0 radical (unpaired) electrons. The molecule has 0 aliphatic carbocycles. The minimum atomic E-state index is -3.46. The number of carbonyl (C=O) groups excluding carboxylic acids is 1. The van der Waals surface area contributed by atoms with Gasteiger partial charge in [-0.25, -0.2) is 22.3 Å². The van der Waals surface area contributed by atoms with Gasteiger partial charge in [0, 0.05) is 40.3 Å². The van der Waals surface area contributed by atoms with Crippen LogP contribution in [0.15, 0.2) is 48.5 Å². The maximum Gasteiger partial charge on any atom is 0.351 e. The van der Waals surface area contributed by atoms with E-state index in [1.807, 2.05) is 24.3 Å². The number of carboxylic acid groups (broad SMARTS) is 1. The van der Waals surface area contributed by atoms with Crippen molar-refractivity contribution in [3.63, 3.8) is 0 Å². The van der Waals surface area contributed by atoms with Crippen molar-refractivity contribution in [2.24, 2.45) is 0 Å². The zero-order valence-corrected chi connectivity index (χ0v) is 23.9. The summed E-state index contributed by atoms with van der Waals surface area (Å²) in [5.74, 6) is -1.62. The number of halogens is 1.